The van der Waals surface area contributed by atoms with E-state index in [1.54, 1.807) is 0 Å². The first kappa shape index (κ1) is 19.5. The van der Waals surface area contributed by atoms with Crippen molar-refractivity contribution in [1.29, 1.82) is 0 Å². The van der Waals surface area contributed by atoms with E-state index >= 15 is 0 Å². The number of aromatic nitrogens is 2. The smallest absolute Gasteiger partial charge is 0.289 e. The van der Waals surface area contributed by atoms with Crippen LogP contribution < -0.4 is 0 Å². The first-order valence-corrected chi connectivity index (χ1v) is 10.7. The molecule has 158 valence electrons. The van der Waals surface area contributed by atoms with E-state index < -0.39 is 0 Å². The van der Waals surface area contributed by atoms with Crippen molar-refractivity contribution in [3.8, 4) is 11.4 Å². The fourth-order valence-electron chi connectivity index (χ4n) is 4.26. The number of aryl methyl sites for hydroxylation is 3. The van der Waals surface area contributed by atoms with Gasteiger partial charge >= 0.3 is 0 Å². The number of likely N-dealkylation sites (tertiary alicyclic amines) is 1. The van der Waals surface area contributed by atoms with Gasteiger partial charge in [0.15, 0.2) is 5.76 Å². The molecule has 2 aromatic heterocycles. The minimum absolute atomic E-state index is 0.0436. The fourth-order valence-corrected chi connectivity index (χ4v) is 4.26. The van der Waals surface area contributed by atoms with E-state index in [9.17, 15) is 4.79 Å². The van der Waals surface area contributed by atoms with Crippen molar-refractivity contribution < 1.29 is 13.7 Å². The highest BCUT2D eigenvalue weighted by Gasteiger charge is 2.30. The van der Waals surface area contributed by atoms with E-state index in [1.807, 2.05) is 48.2 Å². The maximum absolute atomic E-state index is 13.2. The molecule has 0 aliphatic carbocycles. The Labute approximate surface area is 180 Å². The number of benzene rings is 2. The van der Waals surface area contributed by atoms with Gasteiger partial charge in [0.05, 0.1) is 0 Å². The van der Waals surface area contributed by atoms with Gasteiger partial charge in [0.1, 0.15) is 5.58 Å². The standard InChI is InChI=1S/C25H25N3O3/c1-15-13-20-17(3)22(30-21(20)14-16(15)2)25(29)28-11-9-19(10-12-28)24-26-23(27-31-24)18-7-5-4-6-8-18/h4-8,13-14,19H,9-12H2,1-3H3. The molecule has 0 N–H and O–H groups in total. The minimum atomic E-state index is -0.0436. The zero-order valence-electron chi connectivity index (χ0n) is 18.0. The Hall–Kier alpha value is -3.41. The second-order valence-electron chi connectivity index (χ2n) is 8.38. The highest BCUT2D eigenvalue weighted by Crippen LogP contribution is 2.32. The average molecular weight is 415 g/mol. The van der Waals surface area contributed by atoms with Gasteiger partial charge in [0, 0.05) is 35.5 Å². The van der Waals surface area contributed by atoms with Crippen LogP contribution in [0.1, 0.15) is 51.9 Å². The van der Waals surface area contributed by atoms with Crippen molar-refractivity contribution in [2.75, 3.05) is 13.1 Å². The second kappa shape index (κ2) is 7.69. The van der Waals surface area contributed by atoms with Gasteiger partial charge in [-0.1, -0.05) is 35.5 Å². The summed E-state index contributed by atoms with van der Waals surface area (Å²) in [5, 5.41) is 5.15. The number of hydrogen-bond donors (Lipinski definition) is 0. The SMILES string of the molecule is Cc1cc2oc(C(=O)N3CCC(c4nc(-c5ccccc5)no4)CC3)c(C)c2cc1C. The van der Waals surface area contributed by atoms with E-state index in [0.717, 1.165) is 40.5 Å². The Morgan fingerprint density at radius 3 is 2.48 bits per heavy atom. The number of rotatable bonds is 3. The Bertz CT molecular complexity index is 1250. The molecule has 0 spiro atoms. The Morgan fingerprint density at radius 2 is 1.74 bits per heavy atom. The summed E-state index contributed by atoms with van der Waals surface area (Å²) in [5.41, 5.74) is 4.99. The first-order valence-electron chi connectivity index (χ1n) is 10.7. The van der Waals surface area contributed by atoms with E-state index in [0.29, 0.717) is 30.6 Å². The first-order chi connectivity index (χ1) is 15.0. The summed E-state index contributed by atoms with van der Waals surface area (Å²) in [6.07, 6.45) is 1.58. The highest BCUT2D eigenvalue weighted by atomic mass is 16.5. The van der Waals surface area contributed by atoms with Crippen LogP contribution in [0.25, 0.3) is 22.4 Å². The summed E-state index contributed by atoms with van der Waals surface area (Å²) in [5.74, 6) is 1.83. The van der Waals surface area contributed by atoms with Gasteiger partial charge < -0.3 is 13.8 Å². The molecule has 6 heteroatoms. The summed E-state index contributed by atoms with van der Waals surface area (Å²) in [4.78, 5) is 19.6. The van der Waals surface area contributed by atoms with E-state index in [1.165, 1.54) is 5.56 Å². The summed E-state index contributed by atoms with van der Waals surface area (Å²) in [7, 11) is 0. The number of furan rings is 1. The lowest BCUT2D eigenvalue weighted by Gasteiger charge is -2.29. The van der Waals surface area contributed by atoms with Crippen molar-refractivity contribution in [2.45, 2.75) is 39.5 Å². The fraction of sp³-hybridized carbons (Fsp3) is 0.320. The molecule has 0 unspecified atom stereocenters. The number of hydrogen-bond acceptors (Lipinski definition) is 5. The number of carbonyl (C=O) groups is 1. The predicted octanol–water partition coefficient (Wildman–Crippen LogP) is 5.43. The van der Waals surface area contributed by atoms with Crippen LogP contribution in [-0.4, -0.2) is 34.0 Å². The lowest BCUT2D eigenvalue weighted by molar-refractivity contribution is 0.0674. The molecule has 4 aromatic rings. The molecule has 1 aliphatic heterocycles. The molecule has 5 rings (SSSR count). The third-order valence-corrected chi connectivity index (χ3v) is 6.35. The average Bonchev–Trinajstić information content (AvgIpc) is 3.40. The predicted molar refractivity (Wildman–Crippen MR) is 118 cm³/mol. The van der Waals surface area contributed by atoms with E-state index in [-0.39, 0.29) is 11.8 Å². The molecule has 1 saturated heterocycles. The Morgan fingerprint density at radius 1 is 1.03 bits per heavy atom. The quantitative estimate of drug-likeness (QED) is 0.446. The van der Waals surface area contributed by atoms with Gasteiger partial charge in [-0.25, -0.2) is 0 Å². The second-order valence-corrected chi connectivity index (χ2v) is 8.38. The number of piperidine rings is 1. The number of amides is 1. The van der Waals surface area contributed by atoms with Crippen LogP contribution in [0.4, 0.5) is 0 Å². The molecule has 1 amide bonds. The maximum Gasteiger partial charge on any atom is 0.289 e. The summed E-state index contributed by atoms with van der Waals surface area (Å²) in [6.45, 7) is 7.38. The molecule has 6 nitrogen and oxygen atoms in total. The molecule has 0 bridgehead atoms. The minimum Gasteiger partial charge on any atom is -0.451 e. The van der Waals surface area contributed by atoms with Crippen molar-refractivity contribution >= 4 is 16.9 Å². The number of carbonyl (C=O) groups excluding carboxylic acids is 1. The maximum atomic E-state index is 13.2. The third kappa shape index (κ3) is 3.52. The van der Waals surface area contributed by atoms with Gasteiger partial charge in [0.25, 0.3) is 5.91 Å². The number of fused-ring (bicyclic) bond motifs is 1. The molecule has 1 aliphatic rings. The van der Waals surface area contributed by atoms with Crippen LogP contribution in [0.5, 0.6) is 0 Å². The molecular weight excluding hydrogens is 390 g/mol. The molecule has 0 atom stereocenters. The molecule has 1 fully saturated rings. The van der Waals surface area contributed by atoms with Gasteiger partial charge in [-0.15, -0.1) is 0 Å². The lowest BCUT2D eigenvalue weighted by atomic mass is 9.96. The van der Waals surface area contributed by atoms with Gasteiger partial charge in [-0.2, -0.15) is 4.98 Å². The molecular formula is C25H25N3O3. The number of nitrogens with zero attached hydrogens (tertiary/aromatic N) is 3. The zero-order valence-corrected chi connectivity index (χ0v) is 18.0. The van der Waals surface area contributed by atoms with Crippen LogP contribution in [0.15, 0.2) is 51.4 Å². The van der Waals surface area contributed by atoms with Crippen LogP contribution in [0.2, 0.25) is 0 Å². The normalized spacial score (nSPS) is 15.0. The highest BCUT2D eigenvalue weighted by molar-refractivity contribution is 5.99. The summed E-state index contributed by atoms with van der Waals surface area (Å²) < 4.78 is 11.5. The van der Waals surface area contributed by atoms with Gasteiger partial charge in [-0.05, 0) is 56.9 Å². The zero-order chi connectivity index (χ0) is 21.5. The van der Waals surface area contributed by atoms with Gasteiger partial charge in [-0.3, -0.25) is 4.79 Å². The van der Waals surface area contributed by atoms with Crippen LogP contribution >= 0.6 is 0 Å². The largest absolute Gasteiger partial charge is 0.451 e. The monoisotopic (exact) mass is 415 g/mol. The third-order valence-electron chi connectivity index (χ3n) is 6.35. The summed E-state index contributed by atoms with van der Waals surface area (Å²) >= 11 is 0. The molecule has 0 saturated carbocycles. The Kier molecular flexibility index (Phi) is 4.85. The van der Waals surface area contributed by atoms with Crippen molar-refractivity contribution in [1.82, 2.24) is 15.0 Å². The van der Waals surface area contributed by atoms with Crippen molar-refractivity contribution in [3.05, 3.63) is 70.8 Å². The molecule has 2 aromatic carbocycles. The summed E-state index contributed by atoms with van der Waals surface area (Å²) in [6, 6.07) is 13.9. The van der Waals surface area contributed by atoms with E-state index in [2.05, 4.69) is 30.1 Å². The van der Waals surface area contributed by atoms with Gasteiger partial charge in [0.2, 0.25) is 11.7 Å². The molecule has 3 heterocycles. The van der Waals surface area contributed by atoms with Crippen LogP contribution in [0, 0.1) is 20.8 Å². The van der Waals surface area contributed by atoms with Crippen LogP contribution in [0.3, 0.4) is 0 Å². The van der Waals surface area contributed by atoms with Crippen LogP contribution in [-0.2, 0) is 0 Å². The lowest BCUT2D eigenvalue weighted by Crippen LogP contribution is -2.38. The van der Waals surface area contributed by atoms with Crippen molar-refractivity contribution in [3.63, 3.8) is 0 Å². The molecule has 31 heavy (non-hydrogen) atoms. The Balaban J connectivity index is 1.30. The molecule has 0 radical (unpaired) electrons. The van der Waals surface area contributed by atoms with E-state index in [4.69, 9.17) is 8.94 Å². The topological polar surface area (TPSA) is 72.4 Å². The van der Waals surface area contributed by atoms with Crippen molar-refractivity contribution in [2.24, 2.45) is 0 Å².